The third-order valence-corrected chi connectivity index (χ3v) is 7.02. The molecule has 2 saturated heterocycles. The van der Waals surface area contributed by atoms with E-state index < -0.39 is 0 Å². The van der Waals surface area contributed by atoms with Crippen LogP contribution in [-0.2, 0) is 4.79 Å². The van der Waals surface area contributed by atoms with Crippen molar-refractivity contribution in [1.29, 1.82) is 0 Å². The topological polar surface area (TPSA) is 78.4 Å². The SMILES string of the molecule is O=C(Nc1ccc(C2CCN(C(=O)c3ccsc3)CC2)cc1)C1CN(c2cccnn2)C1. The predicted octanol–water partition coefficient (Wildman–Crippen LogP) is 3.63. The molecule has 1 N–H and O–H groups in total. The number of nitrogens with one attached hydrogen (secondary N) is 1. The Labute approximate surface area is 191 Å². The number of thiophene rings is 1. The van der Waals surface area contributed by atoms with Crippen molar-refractivity contribution in [3.8, 4) is 0 Å². The van der Waals surface area contributed by atoms with E-state index in [-0.39, 0.29) is 17.7 Å². The number of piperidine rings is 1. The molecule has 0 radical (unpaired) electrons. The summed E-state index contributed by atoms with van der Waals surface area (Å²) in [6, 6.07) is 13.8. The monoisotopic (exact) mass is 447 g/mol. The van der Waals surface area contributed by atoms with E-state index in [2.05, 4.69) is 32.5 Å². The first-order valence-corrected chi connectivity index (χ1v) is 11.9. The zero-order valence-corrected chi connectivity index (χ0v) is 18.5. The standard InChI is InChI=1S/C24H25N5O2S/c30-23(20-14-29(15-20)22-2-1-10-25-27-22)26-21-5-3-17(4-6-21)18-7-11-28(12-8-18)24(31)19-9-13-32-16-19/h1-6,9-10,13,16,18,20H,7-8,11-12,14-15H2,(H,26,30). The van der Waals surface area contributed by atoms with Crippen LogP contribution in [0.25, 0.3) is 0 Å². The fourth-order valence-corrected chi connectivity index (χ4v) is 4.99. The van der Waals surface area contributed by atoms with Crippen molar-refractivity contribution in [2.24, 2.45) is 5.92 Å². The maximum Gasteiger partial charge on any atom is 0.254 e. The minimum atomic E-state index is -0.0400. The lowest BCUT2D eigenvalue weighted by molar-refractivity contribution is -0.120. The number of benzene rings is 1. The van der Waals surface area contributed by atoms with Gasteiger partial charge in [-0.2, -0.15) is 16.4 Å². The molecule has 2 aliphatic rings. The van der Waals surface area contributed by atoms with Crippen LogP contribution >= 0.6 is 11.3 Å². The molecular weight excluding hydrogens is 422 g/mol. The highest BCUT2D eigenvalue weighted by Crippen LogP contribution is 2.30. The van der Waals surface area contributed by atoms with Gasteiger partial charge in [0.2, 0.25) is 5.91 Å². The summed E-state index contributed by atoms with van der Waals surface area (Å²) in [4.78, 5) is 29.1. The summed E-state index contributed by atoms with van der Waals surface area (Å²) >= 11 is 1.56. The molecule has 2 aromatic heterocycles. The lowest BCUT2D eigenvalue weighted by Gasteiger charge is -2.38. The largest absolute Gasteiger partial charge is 0.353 e. The maximum absolute atomic E-state index is 12.5. The van der Waals surface area contributed by atoms with E-state index in [1.165, 1.54) is 5.56 Å². The van der Waals surface area contributed by atoms with E-state index in [0.717, 1.165) is 43.0 Å². The van der Waals surface area contributed by atoms with Gasteiger partial charge in [-0.1, -0.05) is 12.1 Å². The van der Waals surface area contributed by atoms with Crippen molar-refractivity contribution in [2.45, 2.75) is 18.8 Å². The van der Waals surface area contributed by atoms with E-state index >= 15 is 0 Å². The second-order valence-electron chi connectivity index (χ2n) is 8.37. The Morgan fingerprint density at radius 2 is 1.81 bits per heavy atom. The zero-order chi connectivity index (χ0) is 21.9. The van der Waals surface area contributed by atoms with Gasteiger partial charge in [0.15, 0.2) is 5.82 Å². The maximum atomic E-state index is 12.5. The molecule has 0 unspecified atom stereocenters. The van der Waals surface area contributed by atoms with Crippen molar-refractivity contribution in [3.05, 3.63) is 70.5 Å². The number of rotatable bonds is 5. The van der Waals surface area contributed by atoms with Gasteiger partial charge in [-0.15, -0.1) is 5.10 Å². The van der Waals surface area contributed by atoms with E-state index in [1.807, 2.05) is 46.0 Å². The molecule has 2 amide bonds. The molecule has 5 rings (SSSR count). The molecule has 0 bridgehead atoms. The van der Waals surface area contributed by atoms with Crippen molar-refractivity contribution in [2.75, 3.05) is 36.4 Å². The highest BCUT2D eigenvalue weighted by atomic mass is 32.1. The molecule has 0 aliphatic carbocycles. The third kappa shape index (κ3) is 4.36. The number of likely N-dealkylation sites (tertiary alicyclic amines) is 1. The van der Waals surface area contributed by atoms with Crippen LogP contribution in [0.1, 0.15) is 34.7 Å². The molecule has 7 nitrogen and oxygen atoms in total. The Morgan fingerprint density at radius 3 is 2.47 bits per heavy atom. The minimum Gasteiger partial charge on any atom is -0.353 e. The molecule has 1 aromatic carbocycles. The van der Waals surface area contributed by atoms with Gasteiger partial charge in [-0.05, 0) is 60.0 Å². The lowest BCUT2D eigenvalue weighted by atomic mass is 9.89. The van der Waals surface area contributed by atoms with Crippen molar-refractivity contribution in [1.82, 2.24) is 15.1 Å². The molecule has 3 aromatic rings. The van der Waals surface area contributed by atoms with E-state index in [4.69, 9.17) is 0 Å². The van der Waals surface area contributed by atoms with Crippen LogP contribution in [-0.4, -0.2) is 53.1 Å². The average molecular weight is 448 g/mol. The average Bonchev–Trinajstić information content (AvgIpc) is 3.34. The fourth-order valence-electron chi connectivity index (χ4n) is 4.36. The molecule has 8 heteroatoms. The van der Waals surface area contributed by atoms with Crippen LogP contribution in [0.3, 0.4) is 0 Å². The number of amides is 2. The molecule has 0 spiro atoms. The third-order valence-electron chi connectivity index (χ3n) is 6.33. The first-order valence-electron chi connectivity index (χ1n) is 10.9. The van der Waals surface area contributed by atoms with Crippen LogP contribution in [0.5, 0.6) is 0 Å². The van der Waals surface area contributed by atoms with Gasteiger partial charge in [-0.3, -0.25) is 9.59 Å². The summed E-state index contributed by atoms with van der Waals surface area (Å²) in [7, 11) is 0. The van der Waals surface area contributed by atoms with Gasteiger partial charge in [-0.25, -0.2) is 0 Å². The molecule has 2 fully saturated rings. The normalized spacial score (nSPS) is 17.1. The molecule has 164 valence electrons. The second kappa shape index (κ2) is 9.08. The van der Waals surface area contributed by atoms with Crippen LogP contribution in [0.2, 0.25) is 0 Å². The second-order valence-corrected chi connectivity index (χ2v) is 9.15. The summed E-state index contributed by atoms with van der Waals surface area (Å²) in [6.07, 6.45) is 3.56. The summed E-state index contributed by atoms with van der Waals surface area (Å²) in [5.74, 6) is 1.39. The van der Waals surface area contributed by atoms with Crippen LogP contribution in [0, 0.1) is 5.92 Å². The lowest BCUT2D eigenvalue weighted by Crippen LogP contribution is -2.52. The zero-order valence-electron chi connectivity index (χ0n) is 17.7. The smallest absolute Gasteiger partial charge is 0.254 e. The van der Waals surface area contributed by atoms with Gasteiger partial charge in [0, 0.05) is 43.4 Å². The van der Waals surface area contributed by atoms with Gasteiger partial charge < -0.3 is 15.1 Å². The van der Waals surface area contributed by atoms with Gasteiger partial charge in [0.1, 0.15) is 0 Å². The minimum absolute atomic E-state index is 0.0399. The number of nitrogens with zero attached hydrogens (tertiary/aromatic N) is 4. The number of carbonyl (C=O) groups excluding carboxylic acids is 2. The van der Waals surface area contributed by atoms with Crippen molar-refractivity contribution in [3.63, 3.8) is 0 Å². The molecule has 2 aliphatic heterocycles. The van der Waals surface area contributed by atoms with Gasteiger partial charge in [0.05, 0.1) is 11.5 Å². The Morgan fingerprint density at radius 1 is 1.03 bits per heavy atom. The quantitative estimate of drug-likeness (QED) is 0.646. The molecule has 0 saturated carbocycles. The highest BCUT2D eigenvalue weighted by Gasteiger charge is 2.33. The van der Waals surface area contributed by atoms with Crippen LogP contribution < -0.4 is 10.2 Å². The van der Waals surface area contributed by atoms with Crippen molar-refractivity contribution >= 4 is 34.7 Å². The first kappa shape index (κ1) is 20.6. The summed E-state index contributed by atoms with van der Waals surface area (Å²) in [5.41, 5.74) is 2.88. The summed E-state index contributed by atoms with van der Waals surface area (Å²) in [6.45, 7) is 2.88. The number of hydrogen-bond donors (Lipinski definition) is 1. The number of carbonyl (C=O) groups is 2. The molecule has 4 heterocycles. The number of anilines is 2. The summed E-state index contributed by atoms with van der Waals surface area (Å²) < 4.78 is 0. The first-order chi connectivity index (χ1) is 15.7. The molecule has 32 heavy (non-hydrogen) atoms. The number of hydrogen-bond acceptors (Lipinski definition) is 6. The van der Waals surface area contributed by atoms with E-state index in [9.17, 15) is 9.59 Å². The molecule has 0 atom stereocenters. The van der Waals surface area contributed by atoms with E-state index in [1.54, 1.807) is 17.5 Å². The highest BCUT2D eigenvalue weighted by molar-refractivity contribution is 7.08. The Kier molecular flexibility index (Phi) is 5.85. The fraction of sp³-hybridized carbons (Fsp3) is 0.333. The van der Waals surface area contributed by atoms with Gasteiger partial charge >= 0.3 is 0 Å². The Bertz CT molecular complexity index is 1060. The number of aromatic nitrogens is 2. The Balaban J connectivity index is 1.10. The van der Waals surface area contributed by atoms with Crippen LogP contribution in [0.4, 0.5) is 11.5 Å². The predicted molar refractivity (Wildman–Crippen MR) is 125 cm³/mol. The summed E-state index contributed by atoms with van der Waals surface area (Å²) in [5, 5.41) is 14.9. The van der Waals surface area contributed by atoms with E-state index in [0.29, 0.717) is 19.0 Å². The van der Waals surface area contributed by atoms with Crippen LogP contribution in [0.15, 0.2) is 59.4 Å². The Hall–Kier alpha value is -3.26. The molecular formula is C24H25N5O2S. The van der Waals surface area contributed by atoms with Gasteiger partial charge in [0.25, 0.3) is 5.91 Å². The van der Waals surface area contributed by atoms with Crippen molar-refractivity contribution < 1.29 is 9.59 Å².